The number of hydrogen-bond donors (Lipinski definition) is 3. The molecule has 3 aromatic heterocycles. The summed E-state index contributed by atoms with van der Waals surface area (Å²) in [6.07, 6.45) is 8.86. The van der Waals surface area contributed by atoms with Crippen molar-refractivity contribution in [1.29, 1.82) is 0 Å². The zero-order valence-corrected chi connectivity index (χ0v) is 18.8. The number of anilines is 4. The van der Waals surface area contributed by atoms with E-state index in [1.54, 1.807) is 31.8 Å². The van der Waals surface area contributed by atoms with Crippen molar-refractivity contribution < 1.29 is 4.74 Å². The number of fused-ring (bicyclic) bond motifs is 2. The third-order valence-corrected chi connectivity index (χ3v) is 5.57. The van der Waals surface area contributed by atoms with E-state index in [9.17, 15) is 0 Å². The number of amidine groups is 1. The lowest BCUT2D eigenvalue weighted by atomic mass is 10.1. The normalized spacial score (nSPS) is 13.2. The molecule has 10 nitrogen and oxygen atoms in total. The topological polar surface area (TPSA) is 116 Å². The van der Waals surface area contributed by atoms with Crippen LogP contribution in [-0.2, 0) is 0 Å². The van der Waals surface area contributed by atoms with Gasteiger partial charge in [0.05, 0.1) is 17.2 Å². The number of hydrogen-bond acceptors (Lipinski definition) is 9. The molecule has 0 bridgehead atoms. The zero-order valence-electron chi connectivity index (χ0n) is 18.8. The molecular weight excluding hydrogens is 442 g/mol. The van der Waals surface area contributed by atoms with Crippen LogP contribution < -0.4 is 20.3 Å². The second kappa shape index (κ2) is 8.75. The zero-order chi connectivity index (χ0) is 23.6. The van der Waals surface area contributed by atoms with Gasteiger partial charge in [0.1, 0.15) is 11.6 Å². The van der Waals surface area contributed by atoms with Gasteiger partial charge in [-0.15, -0.1) is 0 Å². The Hall–Kier alpha value is -4.99. The third kappa shape index (κ3) is 3.97. The van der Waals surface area contributed by atoms with Gasteiger partial charge in [0.2, 0.25) is 11.9 Å². The van der Waals surface area contributed by atoms with E-state index in [2.05, 4.69) is 40.5 Å². The van der Waals surface area contributed by atoms with E-state index in [0.29, 0.717) is 36.0 Å². The van der Waals surface area contributed by atoms with Crippen LogP contribution in [0, 0.1) is 0 Å². The van der Waals surface area contributed by atoms with E-state index < -0.39 is 0 Å². The van der Waals surface area contributed by atoms with Crippen LogP contribution in [0.25, 0.3) is 21.8 Å². The Balaban J connectivity index is 1.33. The minimum Gasteiger partial charge on any atom is -0.425 e. The van der Waals surface area contributed by atoms with Crippen LogP contribution in [0.15, 0.2) is 84.4 Å². The average Bonchev–Trinajstić information content (AvgIpc) is 3.33. The Kier molecular flexibility index (Phi) is 5.15. The van der Waals surface area contributed by atoms with Crippen molar-refractivity contribution in [3.63, 3.8) is 0 Å². The summed E-state index contributed by atoms with van der Waals surface area (Å²) >= 11 is 0. The van der Waals surface area contributed by atoms with Gasteiger partial charge < -0.3 is 20.4 Å². The summed E-state index contributed by atoms with van der Waals surface area (Å²) in [5, 5.41) is 8.28. The second-order valence-electron chi connectivity index (χ2n) is 7.76. The van der Waals surface area contributed by atoms with Crippen molar-refractivity contribution in [2.75, 3.05) is 29.1 Å². The average molecular weight is 464 g/mol. The van der Waals surface area contributed by atoms with Gasteiger partial charge in [0.15, 0.2) is 0 Å². The largest absolute Gasteiger partial charge is 0.425 e. The number of benzene rings is 2. The SMILES string of the molecule is CNc1nccc(N2CC=CN=C2Oc2ccc(Nc3nc4ccncc4[nH]3)c3ccccc23)n1. The van der Waals surface area contributed by atoms with Gasteiger partial charge in [-0.3, -0.25) is 9.88 Å². The van der Waals surface area contributed by atoms with Crippen LogP contribution in [0.2, 0.25) is 0 Å². The van der Waals surface area contributed by atoms with Gasteiger partial charge in [-0.25, -0.2) is 15.0 Å². The molecule has 0 radical (unpaired) electrons. The van der Waals surface area contributed by atoms with Crippen molar-refractivity contribution in [2.45, 2.75) is 0 Å². The Morgan fingerprint density at radius 1 is 1.00 bits per heavy atom. The minimum atomic E-state index is 0.434. The van der Waals surface area contributed by atoms with Crippen molar-refractivity contribution in [3.05, 3.63) is 79.4 Å². The molecule has 10 heteroatoms. The molecule has 5 aromatic rings. The number of ether oxygens (including phenoxy) is 1. The lowest BCUT2D eigenvalue weighted by Gasteiger charge is -2.25. The Morgan fingerprint density at radius 3 is 2.80 bits per heavy atom. The van der Waals surface area contributed by atoms with Crippen molar-refractivity contribution in [2.24, 2.45) is 4.99 Å². The maximum Gasteiger partial charge on any atom is 0.303 e. The van der Waals surface area contributed by atoms with E-state index in [1.807, 2.05) is 59.5 Å². The predicted molar refractivity (Wildman–Crippen MR) is 137 cm³/mol. The molecule has 0 spiro atoms. The minimum absolute atomic E-state index is 0.434. The fourth-order valence-electron chi connectivity index (χ4n) is 3.92. The first-order chi connectivity index (χ1) is 17.3. The lowest BCUT2D eigenvalue weighted by Crippen LogP contribution is -2.37. The summed E-state index contributed by atoms with van der Waals surface area (Å²) in [4.78, 5) is 27.1. The summed E-state index contributed by atoms with van der Waals surface area (Å²) in [5.41, 5.74) is 2.62. The molecule has 0 saturated heterocycles. The summed E-state index contributed by atoms with van der Waals surface area (Å²) in [7, 11) is 1.78. The number of aliphatic imine (C=N–C) groups is 1. The highest BCUT2D eigenvalue weighted by atomic mass is 16.5. The molecule has 4 heterocycles. The van der Waals surface area contributed by atoms with Crippen molar-refractivity contribution in [3.8, 4) is 5.75 Å². The van der Waals surface area contributed by atoms with E-state index >= 15 is 0 Å². The first kappa shape index (κ1) is 20.6. The maximum atomic E-state index is 6.35. The molecule has 0 amide bonds. The second-order valence-corrected chi connectivity index (χ2v) is 7.76. The fraction of sp³-hybridized carbons (Fsp3) is 0.0800. The van der Waals surface area contributed by atoms with Gasteiger partial charge in [-0.1, -0.05) is 24.3 Å². The van der Waals surface area contributed by atoms with Crippen LogP contribution >= 0.6 is 0 Å². The molecular formula is C25H21N9O. The molecule has 2 aromatic carbocycles. The smallest absolute Gasteiger partial charge is 0.303 e. The number of imidazole rings is 1. The first-order valence-electron chi connectivity index (χ1n) is 11.1. The predicted octanol–water partition coefficient (Wildman–Crippen LogP) is 4.46. The molecule has 1 aliphatic rings. The molecule has 0 aliphatic carbocycles. The van der Waals surface area contributed by atoms with E-state index in [0.717, 1.165) is 27.5 Å². The van der Waals surface area contributed by atoms with E-state index in [-0.39, 0.29) is 0 Å². The van der Waals surface area contributed by atoms with Gasteiger partial charge in [-0.05, 0) is 30.3 Å². The van der Waals surface area contributed by atoms with E-state index in [4.69, 9.17) is 4.74 Å². The molecule has 1 aliphatic heterocycles. The van der Waals surface area contributed by atoms with Crippen LogP contribution in [0.3, 0.4) is 0 Å². The third-order valence-electron chi connectivity index (χ3n) is 5.57. The van der Waals surface area contributed by atoms with Gasteiger partial charge in [0.25, 0.3) is 0 Å². The molecule has 35 heavy (non-hydrogen) atoms. The number of aromatic amines is 1. The number of nitrogens with one attached hydrogen (secondary N) is 3. The van der Waals surface area contributed by atoms with Crippen LogP contribution in [0.5, 0.6) is 5.75 Å². The highest BCUT2D eigenvalue weighted by Crippen LogP contribution is 2.34. The summed E-state index contributed by atoms with van der Waals surface area (Å²) < 4.78 is 6.35. The summed E-state index contributed by atoms with van der Waals surface area (Å²) in [5.74, 6) is 2.54. The van der Waals surface area contributed by atoms with Crippen LogP contribution in [0.1, 0.15) is 0 Å². The number of rotatable bonds is 5. The summed E-state index contributed by atoms with van der Waals surface area (Å²) in [6, 6.07) is 16.1. The molecule has 0 unspecified atom stereocenters. The van der Waals surface area contributed by atoms with E-state index in [1.165, 1.54) is 0 Å². The van der Waals surface area contributed by atoms with Gasteiger partial charge in [0, 0.05) is 48.6 Å². The number of aromatic nitrogens is 5. The summed E-state index contributed by atoms with van der Waals surface area (Å²) in [6.45, 7) is 0.581. The highest BCUT2D eigenvalue weighted by molar-refractivity contribution is 6.02. The van der Waals surface area contributed by atoms with Crippen LogP contribution in [-0.4, -0.2) is 44.5 Å². The van der Waals surface area contributed by atoms with Crippen molar-refractivity contribution in [1.82, 2.24) is 24.9 Å². The quantitative estimate of drug-likeness (QED) is 0.350. The highest BCUT2D eigenvalue weighted by Gasteiger charge is 2.20. The Bertz CT molecular complexity index is 1560. The van der Waals surface area contributed by atoms with Gasteiger partial charge in [-0.2, -0.15) is 4.98 Å². The van der Waals surface area contributed by atoms with Crippen LogP contribution in [0.4, 0.5) is 23.4 Å². The monoisotopic (exact) mass is 463 g/mol. The maximum absolute atomic E-state index is 6.35. The molecule has 172 valence electrons. The fourth-order valence-corrected chi connectivity index (χ4v) is 3.92. The Morgan fingerprint density at radius 2 is 1.91 bits per heavy atom. The van der Waals surface area contributed by atoms with Gasteiger partial charge >= 0.3 is 6.02 Å². The molecule has 6 rings (SSSR count). The van der Waals surface area contributed by atoms with Crippen molar-refractivity contribution >= 4 is 51.2 Å². The molecule has 0 atom stereocenters. The molecule has 3 N–H and O–H groups in total. The standard InChI is InChI=1S/C25H21N9O/c1-26-23-28-13-10-22(33-23)34-14-4-11-29-25(34)35-21-8-7-18(16-5-2-3-6-17(16)21)30-24-31-19-9-12-27-15-20(19)32-24/h2-13,15H,14H2,1H3,(H,26,28,33)(H2,30,31,32). The Labute approximate surface area is 200 Å². The number of nitrogens with zero attached hydrogens (tertiary/aromatic N) is 6. The number of pyridine rings is 1. The molecule has 0 fully saturated rings. The first-order valence-corrected chi connectivity index (χ1v) is 11.1. The lowest BCUT2D eigenvalue weighted by molar-refractivity contribution is 0.537. The number of H-pyrrole nitrogens is 1. The molecule has 0 saturated carbocycles.